The van der Waals surface area contributed by atoms with Crippen LogP contribution in [0.1, 0.15) is 12.8 Å². The fourth-order valence-electron chi connectivity index (χ4n) is 2.17. The summed E-state index contributed by atoms with van der Waals surface area (Å²) in [6, 6.07) is 3.18. The predicted molar refractivity (Wildman–Crippen MR) is 85.1 cm³/mol. The fraction of sp³-hybridized carbons (Fsp3) is 0.583. The Balaban J connectivity index is 0.00000220. The highest BCUT2D eigenvalue weighted by Gasteiger charge is 2.23. The standard InChI is InChI=1S/C12H19N3O3S2.ClH/c13-8-10-3-5-15(6-4-10)11(16)9-14-20(17,18)12-2-1-7-19-12;/h1-2,7,10,14H,3-6,8-9,13H2;1H. The van der Waals surface area contributed by atoms with Crippen LogP contribution in [0.25, 0.3) is 0 Å². The van der Waals surface area contributed by atoms with Gasteiger partial charge < -0.3 is 10.6 Å². The lowest BCUT2D eigenvalue weighted by molar-refractivity contribution is -0.131. The van der Waals surface area contributed by atoms with Gasteiger partial charge in [0, 0.05) is 13.1 Å². The molecule has 0 unspecified atom stereocenters. The van der Waals surface area contributed by atoms with Gasteiger partial charge in [-0.3, -0.25) is 4.79 Å². The maximum absolute atomic E-state index is 12.0. The fourth-order valence-corrected chi connectivity index (χ4v) is 4.19. The van der Waals surface area contributed by atoms with E-state index >= 15 is 0 Å². The molecule has 21 heavy (non-hydrogen) atoms. The van der Waals surface area contributed by atoms with Crippen molar-refractivity contribution in [3.8, 4) is 0 Å². The molecule has 2 rings (SSSR count). The van der Waals surface area contributed by atoms with Crippen molar-refractivity contribution < 1.29 is 13.2 Å². The van der Waals surface area contributed by atoms with Gasteiger partial charge in [-0.25, -0.2) is 13.1 Å². The molecule has 1 aromatic rings. The zero-order chi connectivity index (χ0) is 14.6. The molecule has 0 atom stereocenters. The second kappa shape index (κ2) is 8.09. The number of likely N-dealkylation sites (tertiary alicyclic amines) is 1. The van der Waals surface area contributed by atoms with Gasteiger partial charge >= 0.3 is 0 Å². The average Bonchev–Trinajstić information content (AvgIpc) is 3.00. The first kappa shape index (κ1) is 18.4. The lowest BCUT2D eigenvalue weighted by atomic mass is 9.97. The highest BCUT2D eigenvalue weighted by molar-refractivity contribution is 7.91. The smallest absolute Gasteiger partial charge is 0.250 e. The van der Waals surface area contributed by atoms with Gasteiger partial charge in [0.25, 0.3) is 10.0 Å². The Morgan fingerprint density at radius 2 is 2.10 bits per heavy atom. The molecule has 1 saturated heterocycles. The number of nitrogens with zero attached hydrogens (tertiary/aromatic N) is 1. The Morgan fingerprint density at radius 3 is 2.62 bits per heavy atom. The van der Waals surface area contributed by atoms with Gasteiger partial charge in [0.2, 0.25) is 5.91 Å². The summed E-state index contributed by atoms with van der Waals surface area (Å²) < 4.78 is 26.4. The Kier molecular flexibility index (Phi) is 7.08. The van der Waals surface area contributed by atoms with Crippen molar-refractivity contribution in [1.82, 2.24) is 9.62 Å². The van der Waals surface area contributed by atoms with Gasteiger partial charge in [-0.15, -0.1) is 23.7 Å². The van der Waals surface area contributed by atoms with Crippen molar-refractivity contribution in [3.63, 3.8) is 0 Å². The summed E-state index contributed by atoms with van der Waals surface area (Å²) in [6.07, 6.45) is 1.78. The molecule has 1 aromatic heterocycles. The minimum absolute atomic E-state index is 0. The van der Waals surface area contributed by atoms with E-state index in [9.17, 15) is 13.2 Å². The number of rotatable bonds is 5. The van der Waals surface area contributed by atoms with Gasteiger partial charge in [-0.05, 0) is 36.8 Å². The number of sulfonamides is 1. The Bertz CT molecular complexity index is 540. The van der Waals surface area contributed by atoms with E-state index in [0.29, 0.717) is 25.6 Å². The van der Waals surface area contributed by atoms with Crippen molar-refractivity contribution in [2.75, 3.05) is 26.2 Å². The molecule has 0 saturated carbocycles. The molecule has 0 aromatic carbocycles. The maximum atomic E-state index is 12.0. The molecule has 9 heteroatoms. The first-order valence-electron chi connectivity index (χ1n) is 6.54. The van der Waals surface area contributed by atoms with Gasteiger partial charge in [-0.2, -0.15) is 0 Å². The van der Waals surface area contributed by atoms with Crippen molar-refractivity contribution >= 4 is 39.7 Å². The molecule has 1 amide bonds. The van der Waals surface area contributed by atoms with Crippen molar-refractivity contribution in [1.29, 1.82) is 0 Å². The largest absolute Gasteiger partial charge is 0.342 e. The second-order valence-corrected chi connectivity index (χ2v) is 7.76. The summed E-state index contributed by atoms with van der Waals surface area (Å²) in [5.74, 6) is 0.294. The summed E-state index contributed by atoms with van der Waals surface area (Å²) in [6.45, 7) is 1.77. The minimum Gasteiger partial charge on any atom is -0.342 e. The quantitative estimate of drug-likeness (QED) is 0.812. The van der Waals surface area contributed by atoms with Crippen LogP contribution in [-0.2, 0) is 14.8 Å². The Hall–Kier alpha value is -0.670. The number of halogens is 1. The van der Waals surface area contributed by atoms with Crippen LogP contribution in [0.4, 0.5) is 0 Å². The lowest BCUT2D eigenvalue weighted by Crippen LogP contribution is -2.44. The average molecular weight is 354 g/mol. The van der Waals surface area contributed by atoms with E-state index in [2.05, 4.69) is 4.72 Å². The van der Waals surface area contributed by atoms with Crippen LogP contribution in [0.2, 0.25) is 0 Å². The van der Waals surface area contributed by atoms with E-state index in [0.717, 1.165) is 24.2 Å². The number of carbonyl (C=O) groups is 1. The second-order valence-electron chi connectivity index (χ2n) is 4.82. The number of nitrogens with one attached hydrogen (secondary N) is 1. The summed E-state index contributed by atoms with van der Waals surface area (Å²) in [7, 11) is -3.57. The van der Waals surface area contributed by atoms with E-state index in [1.165, 1.54) is 6.07 Å². The number of nitrogens with two attached hydrogens (primary N) is 1. The molecular formula is C12H20ClN3O3S2. The number of piperidine rings is 1. The van der Waals surface area contributed by atoms with Crippen molar-refractivity contribution in [3.05, 3.63) is 17.5 Å². The molecule has 2 heterocycles. The first-order valence-corrected chi connectivity index (χ1v) is 8.90. The third-order valence-electron chi connectivity index (χ3n) is 3.47. The molecule has 1 aliphatic rings. The Morgan fingerprint density at radius 1 is 1.43 bits per heavy atom. The highest BCUT2D eigenvalue weighted by atomic mass is 35.5. The SMILES string of the molecule is Cl.NCC1CCN(C(=O)CNS(=O)(=O)c2cccs2)CC1. The summed E-state index contributed by atoms with van der Waals surface area (Å²) in [5.41, 5.74) is 5.60. The van der Waals surface area contributed by atoms with E-state index < -0.39 is 10.0 Å². The number of hydrogen-bond donors (Lipinski definition) is 2. The van der Waals surface area contributed by atoms with Crippen LogP contribution in [0.3, 0.4) is 0 Å². The molecule has 3 N–H and O–H groups in total. The van der Waals surface area contributed by atoms with Crippen molar-refractivity contribution in [2.45, 2.75) is 17.1 Å². The normalized spacial score (nSPS) is 16.5. The predicted octanol–water partition coefficient (Wildman–Crippen LogP) is 0.645. The van der Waals surface area contributed by atoms with Crippen molar-refractivity contribution in [2.24, 2.45) is 11.7 Å². The van der Waals surface area contributed by atoms with Gasteiger partial charge in [0.1, 0.15) is 4.21 Å². The first-order chi connectivity index (χ1) is 9.53. The zero-order valence-corrected chi connectivity index (χ0v) is 14.0. The lowest BCUT2D eigenvalue weighted by Gasteiger charge is -2.31. The summed E-state index contributed by atoms with van der Waals surface area (Å²) >= 11 is 1.13. The van der Waals surface area contributed by atoms with Crippen LogP contribution in [0.5, 0.6) is 0 Å². The van der Waals surface area contributed by atoms with Crippen LogP contribution in [-0.4, -0.2) is 45.4 Å². The van der Waals surface area contributed by atoms with E-state index in [-0.39, 0.29) is 29.1 Å². The summed E-state index contributed by atoms with van der Waals surface area (Å²) in [5, 5.41) is 1.69. The third kappa shape index (κ3) is 4.93. The molecular weight excluding hydrogens is 334 g/mol. The number of amides is 1. The van der Waals surface area contributed by atoms with Gasteiger partial charge in [0.15, 0.2) is 0 Å². The topological polar surface area (TPSA) is 92.5 Å². The molecule has 1 aliphatic heterocycles. The Labute approximate surface area is 135 Å². The molecule has 0 aliphatic carbocycles. The molecule has 120 valence electrons. The van der Waals surface area contributed by atoms with Crippen LogP contribution in [0, 0.1) is 5.92 Å². The zero-order valence-electron chi connectivity index (χ0n) is 11.5. The van der Waals surface area contributed by atoms with Gasteiger partial charge in [0.05, 0.1) is 6.54 Å². The van der Waals surface area contributed by atoms with Gasteiger partial charge in [-0.1, -0.05) is 6.07 Å². The van der Waals surface area contributed by atoms with Crippen LogP contribution >= 0.6 is 23.7 Å². The number of hydrogen-bond acceptors (Lipinski definition) is 5. The molecule has 0 spiro atoms. The van der Waals surface area contributed by atoms with Crippen LogP contribution in [0.15, 0.2) is 21.7 Å². The maximum Gasteiger partial charge on any atom is 0.250 e. The summed E-state index contributed by atoms with van der Waals surface area (Å²) in [4.78, 5) is 13.7. The molecule has 0 bridgehead atoms. The van der Waals surface area contributed by atoms with E-state index in [1.807, 2.05) is 0 Å². The molecule has 1 fully saturated rings. The number of thiophene rings is 1. The minimum atomic E-state index is -3.57. The van der Waals surface area contributed by atoms with E-state index in [1.54, 1.807) is 16.3 Å². The van der Waals surface area contributed by atoms with E-state index in [4.69, 9.17) is 5.73 Å². The third-order valence-corrected chi connectivity index (χ3v) is 6.27. The monoisotopic (exact) mass is 353 g/mol. The molecule has 0 radical (unpaired) electrons. The highest BCUT2D eigenvalue weighted by Crippen LogP contribution is 2.17. The molecule has 6 nitrogen and oxygen atoms in total. The number of carbonyl (C=O) groups excluding carboxylic acids is 1. The van der Waals surface area contributed by atoms with Crippen LogP contribution < -0.4 is 10.5 Å².